The topological polar surface area (TPSA) is 106 Å². The van der Waals surface area contributed by atoms with Crippen LogP contribution in [0.1, 0.15) is 24.3 Å². The van der Waals surface area contributed by atoms with E-state index in [4.69, 9.17) is 20.9 Å². The molecule has 4 atom stereocenters. The molecule has 5 rings (SSSR count). The Morgan fingerprint density at radius 3 is 2.60 bits per heavy atom. The van der Waals surface area contributed by atoms with Gasteiger partial charge >= 0.3 is 0 Å². The fourth-order valence-electron chi connectivity index (χ4n) is 4.17. The second-order valence-corrected chi connectivity index (χ2v) is 8.53. The third kappa shape index (κ3) is 4.43. The number of ether oxygens (including phenoxy) is 1. The Bertz CT molecular complexity index is 1340. The molecule has 2 aromatic carbocycles. The lowest BCUT2D eigenvalue weighted by Gasteiger charge is -2.37. The molecule has 0 bridgehead atoms. The maximum absolute atomic E-state index is 13.7. The van der Waals surface area contributed by atoms with Gasteiger partial charge in [-0.15, -0.1) is 5.10 Å². The molecule has 12 heteroatoms. The van der Waals surface area contributed by atoms with E-state index in [1.165, 1.54) is 17.1 Å². The van der Waals surface area contributed by atoms with Gasteiger partial charge in [0, 0.05) is 22.6 Å². The number of benzene rings is 2. The molecule has 0 aliphatic carbocycles. The first kappa shape index (κ1) is 23.5. The molecule has 4 aromatic rings. The molecule has 1 fully saturated rings. The third-order valence-electron chi connectivity index (χ3n) is 5.91. The molecule has 0 saturated carbocycles. The van der Waals surface area contributed by atoms with E-state index in [-0.39, 0.29) is 17.7 Å². The first-order valence-corrected chi connectivity index (χ1v) is 10.9. The maximum Gasteiger partial charge on any atom is 0.194 e. The van der Waals surface area contributed by atoms with Crippen molar-refractivity contribution in [1.82, 2.24) is 20.2 Å². The first-order chi connectivity index (χ1) is 16.9. The minimum absolute atomic E-state index is 0.0251. The highest BCUT2D eigenvalue weighted by Gasteiger charge is 2.42. The van der Waals surface area contributed by atoms with Gasteiger partial charge in [0.05, 0.1) is 25.0 Å². The van der Waals surface area contributed by atoms with Gasteiger partial charge in [0.2, 0.25) is 0 Å². The van der Waals surface area contributed by atoms with Gasteiger partial charge in [-0.1, -0.05) is 34.1 Å². The summed E-state index contributed by atoms with van der Waals surface area (Å²) in [6.07, 6.45) is 0.119. The van der Waals surface area contributed by atoms with E-state index in [0.29, 0.717) is 16.3 Å². The summed E-state index contributed by atoms with van der Waals surface area (Å²) in [5.41, 5.74) is 1.41. The molecule has 8 nitrogen and oxygen atoms in total. The third-order valence-corrected chi connectivity index (χ3v) is 6.14. The van der Waals surface area contributed by atoms with E-state index in [9.17, 15) is 23.4 Å². The van der Waals surface area contributed by atoms with Crippen molar-refractivity contribution in [1.29, 1.82) is 0 Å². The van der Waals surface area contributed by atoms with Gasteiger partial charge in [0.25, 0.3) is 0 Å². The van der Waals surface area contributed by atoms with Crippen molar-refractivity contribution in [2.75, 3.05) is 6.61 Å². The van der Waals surface area contributed by atoms with E-state index < -0.39 is 48.4 Å². The van der Waals surface area contributed by atoms with Gasteiger partial charge in [-0.3, -0.25) is 0 Å². The average molecular weight is 507 g/mol. The molecule has 182 valence electrons. The summed E-state index contributed by atoms with van der Waals surface area (Å²) in [6, 6.07) is 7.92. The number of aliphatic hydroxyl groups is 2. The normalized spacial score (nSPS) is 22.5. The van der Waals surface area contributed by atoms with Gasteiger partial charge in [0.1, 0.15) is 24.0 Å². The molecule has 1 aliphatic rings. The monoisotopic (exact) mass is 506 g/mol. The van der Waals surface area contributed by atoms with Crippen LogP contribution < -0.4 is 0 Å². The number of nitrogens with zero attached hydrogens (tertiary/aromatic N) is 4. The molecule has 1 saturated heterocycles. The van der Waals surface area contributed by atoms with E-state index in [2.05, 4.69) is 15.5 Å². The van der Waals surface area contributed by atoms with Gasteiger partial charge in [-0.25, -0.2) is 17.9 Å². The summed E-state index contributed by atoms with van der Waals surface area (Å²) in [6.45, 7) is -0.495. The highest BCUT2D eigenvalue weighted by Crippen LogP contribution is 2.41. The second-order valence-electron chi connectivity index (χ2n) is 8.09. The van der Waals surface area contributed by atoms with Crippen LogP contribution in [-0.2, 0) is 4.74 Å². The van der Waals surface area contributed by atoms with Crippen LogP contribution in [-0.4, -0.2) is 49.2 Å². The molecule has 0 spiro atoms. The minimum Gasteiger partial charge on any atom is -0.394 e. The second kappa shape index (κ2) is 9.42. The number of aromatic nitrogens is 4. The first-order valence-electron chi connectivity index (χ1n) is 10.6. The molecule has 2 N–H and O–H groups in total. The largest absolute Gasteiger partial charge is 0.394 e. The van der Waals surface area contributed by atoms with Gasteiger partial charge in [-0.2, -0.15) is 0 Å². The van der Waals surface area contributed by atoms with Crippen LogP contribution in [0.5, 0.6) is 0 Å². The van der Waals surface area contributed by atoms with Crippen molar-refractivity contribution < 1.29 is 32.6 Å². The summed E-state index contributed by atoms with van der Waals surface area (Å²) in [5, 5.41) is 32.9. The molecule has 35 heavy (non-hydrogen) atoms. The smallest absolute Gasteiger partial charge is 0.194 e. The maximum atomic E-state index is 13.7. The lowest BCUT2D eigenvalue weighted by Crippen LogP contribution is -2.45. The summed E-state index contributed by atoms with van der Waals surface area (Å²) in [7, 11) is 0. The lowest BCUT2D eigenvalue weighted by molar-refractivity contribution is -0.163. The van der Waals surface area contributed by atoms with Crippen LogP contribution in [0, 0.1) is 17.5 Å². The molecule has 0 amide bonds. The predicted octanol–water partition coefficient (Wildman–Crippen LogP) is 4.10. The molecular weight excluding hydrogens is 489 g/mol. The minimum atomic E-state index is -1.59. The Morgan fingerprint density at radius 2 is 1.89 bits per heavy atom. The summed E-state index contributed by atoms with van der Waals surface area (Å²) < 4.78 is 53.4. The lowest BCUT2D eigenvalue weighted by atomic mass is 9.92. The standard InChI is InChI=1S/C23H18ClF3N4O4/c24-13-3-1-2-11(4-13)14-8-28-35-23(14)19-7-18(22(33)20(10-32)34-19)31-9-17(29-30-31)12-5-15(25)21(27)16(26)6-12/h1-6,8-9,18-20,22,32-33H,7,10H2/t18-,19-,20-,22-/m1/s1. The fourth-order valence-corrected chi connectivity index (χ4v) is 4.36. The fraction of sp³-hybridized carbons (Fsp3) is 0.261. The quantitative estimate of drug-likeness (QED) is 0.393. The summed E-state index contributed by atoms with van der Waals surface area (Å²) >= 11 is 6.11. The Morgan fingerprint density at radius 1 is 1.11 bits per heavy atom. The molecule has 1 aliphatic heterocycles. The van der Waals surface area contributed by atoms with Crippen molar-refractivity contribution >= 4 is 11.6 Å². The molecular formula is C23H18ClF3N4O4. The predicted molar refractivity (Wildman–Crippen MR) is 117 cm³/mol. The zero-order valence-corrected chi connectivity index (χ0v) is 18.6. The molecule has 0 radical (unpaired) electrons. The molecule has 3 heterocycles. The van der Waals surface area contributed by atoms with Crippen LogP contribution >= 0.6 is 11.6 Å². The van der Waals surface area contributed by atoms with Crippen LogP contribution in [0.3, 0.4) is 0 Å². The van der Waals surface area contributed by atoms with Crippen LogP contribution in [0.25, 0.3) is 22.4 Å². The van der Waals surface area contributed by atoms with Gasteiger partial charge in [-0.05, 0) is 29.8 Å². The number of aliphatic hydroxyl groups excluding tert-OH is 2. The number of hydrogen-bond donors (Lipinski definition) is 2. The Balaban J connectivity index is 1.47. The average Bonchev–Trinajstić information content (AvgIpc) is 3.53. The van der Waals surface area contributed by atoms with Crippen molar-refractivity contribution in [2.24, 2.45) is 0 Å². The van der Waals surface area contributed by atoms with Gasteiger partial charge < -0.3 is 19.5 Å². The van der Waals surface area contributed by atoms with Crippen molar-refractivity contribution in [3.8, 4) is 22.4 Å². The zero-order chi connectivity index (χ0) is 24.7. The van der Waals surface area contributed by atoms with E-state index in [1.54, 1.807) is 18.2 Å². The van der Waals surface area contributed by atoms with E-state index in [1.807, 2.05) is 6.07 Å². The zero-order valence-electron chi connectivity index (χ0n) is 17.9. The number of hydrogen-bond acceptors (Lipinski definition) is 7. The van der Waals surface area contributed by atoms with Crippen LogP contribution in [0.2, 0.25) is 5.02 Å². The summed E-state index contributed by atoms with van der Waals surface area (Å²) in [4.78, 5) is 0. The van der Waals surface area contributed by atoms with Crippen LogP contribution in [0.15, 0.2) is 53.3 Å². The Labute approximate surface area is 201 Å². The SMILES string of the molecule is OC[C@H]1O[C@@H](c2oncc2-c2cccc(Cl)c2)C[C@@H](n2cc(-c3cc(F)c(F)c(F)c3)nn2)[C@H]1O. The van der Waals surface area contributed by atoms with Crippen LogP contribution in [0.4, 0.5) is 13.2 Å². The Hall–Kier alpha value is -3.25. The molecule has 0 unspecified atom stereocenters. The highest BCUT2D eigenvalue weighted by atomic mass is 35.5. The van der Waals surface area contributed by atoms with Crippen molar-refractivity contribution in [3.63, 3.8) is 0 Å². The molecule has 2 aromatic heterocycles. The highest BCUT2D eigenvalue weighted by molar-refractivity contribution is 6.30. The van der Waals surface area contributed by atoms with E-state index in [0.717, 1.165) is 17.7 Å². The number of halogens is 4. The Kier molecular flexibility index (Phi) is 6.32. The number of rotatable bonds is 5. The summed E-state index contributed by atoms with van der Waals surface area (Å²) in [5.74, 6) is -3.94. The van der Waals surface area contributed by atoms with Gasteiger partial charge in [0.15, 0.2) is 23.2 Å². The van der Waals surface area contributed by atoms with E-state index >= 15 is 0 Å². The van der Waals surface area contributed by atoms with Crippen molar-refractivity contribution in [3.05, 3.63) is 77.0 Å². The van der Waals surface area contributed by atoms with Crippen molar-refractivity contribution in [2.45, 2.75) is 30.8 Å².